The summed E-state index contributed by atoms with van der Waals surface area (Å²) in [6, 6.07) is 5.00. The first kappa shape index (κ1) is 16.8. The summed E-state index contributed by atoms with van der Waals surface area (Å²) >= 11 is 0. The highest BCUT2D eigenvalue weighted by atomic mass is 32.2. The molecule has 0 saturated carbocycles. The van der Waals surface area contributed by atoms with Crippen LogP contribution in [0.2, 0.25) is 0 Å². The number of piperidine rings is 1. The number of hydrogen-bond acceptors (Lipinski definition) is 4. The number of nitrogens with zero attached hydrogens (tertiary/aromatic N) is 1. The number of likely N-dealkylation sites (tertiary alicyclic amines) is 1. The molecular formula is C16H23FN2O3S. The molecule has 1 aromatic rings. The molecule has 0 radical (unpaired) electrons. The monoisotopic (exact) mass is 342 g/mol. The molecule has 2 saturated heterocycles. The van der Waals surface area contributed by atoms with Gasteiger partial charge in [-0.3, -0.25) is 0 Å². The minimum atomic E-state index is -3.67. The number of benzene rings is 1. The van der Waals surface area contributed by atoms with Crippen LogP contribution in [0.25, 0.3) is 0 Å². The molecule has 1 N–H and O–H groups in total. The fraction of sp³-hybridized carbons (Fsp3) is 0.625. The van der Waals surface area contributed by atoms with Crippen LogP contribution in [0.4, 0.5) is 4.39 Å². The molecular weight excluding hydrogens is 319 g/mol. The molecule has 128 valence electrons. The largest absolute Gasteiger partial charge is 0.381 e. The number of nitrogens with one attached hydrogen (secondary N) is 1. The Hall–Kier alpha value is -1.02. The van der Waals surface area contributed by atoms with Crippen LogP contribution in [0.1, 0.15) is 19.3 Å². The second kappa shape index (κ2) is 7.25. The second-order valence-corrected chi connectivity index (χ2v) is 8.12. The Kier molecular flexibility index (Phi) is 5.31. The summed E-state index contributed by atoms with van der Waals surface area (Å²) in [5.74, 6) is 0.00737. The van der Waals surface area contributed by atoms with Gasteiger partial charge >= 0.3 is 0 Å². The van der Waals surface area contributed by atoms with Gasteiger partial charge in [0.2, 0.25) is 10.0 Å². The van der Waals surface area contributed by atoms with E-state index in [1.807, 2.05) is 0 Å². The molecule has 2 aliphatic rings. The van der Waals surface area contributed by atoms with E-state index in [-0.39, 0.29) is 10.9 Å². The third kappa shape index (κ3) is 4.50. The average molecular weight is 342 g/mol. The van der Waals surface area contributed by atoms with Gasteiger partial charge in [-0.15, -0.1) is 0 Å². The third-order valence-corrected chi connectivity index (χ3v) is 5.99. The van der Waals surface area contributed by atoms with Crippen LogP contribution in [0.15, 0.2) is 29.2 Å². The van der Waals surface area contributed by atoms with E-state index in [1.165, 1.54) is 18.2 Å². The molecule has 3 rings (SSSR count). The minimum absolute atomic E-state index is 0.0150. The van der Waals surface area contributed by atoms with Crippen molar-refractivity contribution < 1.29 is 17.5 Å². The van der Waals surface area contributed by atoms with Crippen molar-refractivity contribution in [3.8, 4) is 0 Å². The molecule has 23 heavy (non-hydrogen) atoms. The van der Waals surface area contributed by atoms with Gasteiger partial charge in [0.15, 0.2) is 0 Å². The number of halogens is 1. The zero-order chi connectivity index (χ0) is 16.3. The van der Waals surface area contributed by atoms with Crippen LogP contribution in [0.5, 0.6) is 0 Å². The van der Waals surface area contributed by atoms with Crippen molar-refractivity contribution in [2.45, 2.75) is 30.2 Å². The zero-order valence-corrected chi connectivity index (χ0v) is 13.9. The van der Waals surface area contributed by atoms with Gasteiger partial charge in [0.1, 0.15) is 5.82 Å². The number of hydrogen-bond donors (Lipinski definition) is 1. The van der Waals surface area contributed by atoms with Gasteiger partial charge in [-0.2, -0.15) is 0 Å². The Bertz CT molecular complexity index is 632. The van der Waals surface area contributed by atoms with E-state index >= 15 is 0 Å². The van der Waals surface area contributed by atoms with E-state index < -0.39 is 15.8 Å². The molecule has 5 nitrogen and oxygen atoms in total. The van der Waals surface area contributed by atoms with Crippen LogP contribution >= 0.6 is 0 Å². The minimum Gasteiger partial charge on any atom is -0.381 e. The van der Waals surface area contributed by atoms with Gasteiger partial charge in [0, 0.05) is 25.7 Å². The van der Waals surface area contributed by atoms with Crippen molar-refractivity contribution in [1.29, 1.82) is 0 Å². The highest BCUT2D eigenvalue weighted by Crippen LogP contribution is 2.19. The molecule has 2 aliphatic heterocycles. The lowest BCUT2D eigenvalue weighted by molar-refractivity contribution is 0.148. The second-order valence-electron chi connectivity index (χ2n) is 6.41. The maximum Gasteiger partial charge on any atom is 0.240 e. The Morgan fingerprint density at radius 2 is 2.22 bits per heavy atom. The van der Waals surface area contributed by atoms with E-state index in [1.54, 1.807) is 0 Å². The SMILES string of the molecule is O=S(=O)(NC1CCCN(CC2CCOC2)C1)c1cccc(F)c1. The molecule has 0 aliphatic carbocycles. The summed E-state index contributed by atoms with van der Waals surface area (Å²) in [6.07, 6.45) is 2.85. The normalized spacial score (nSPS) is 26.5. The lowest BCUT2D eigenvalue weighted by atomic mass is 10.0. The summed E-state index contributed by atoms with van der Waals surface area (Å²) in [7, 11) is -3.67. The predicted molar refractivity (Wildman–Crippen MR) is 85.1 cm³/mol. The smallest absolute Gasteiger partial charge is 0.240 e. The van der Waals surface area contributed by atoms with E-state index in [9.17, 15) is 12.8 Å². The first-order valence-corrected chi connectivity index (χ1v) is 9.59. The summed E-state index contributed by atoms with van der Waals surface area (Å²) in [6.45, 7) is 4.28. The Labute approximate surface area is 136 Å². The lowest BCUT2D eigenvalue weighted by Gasteiger charge is -2.34. The third-order valence-electron chi connectivity index (χ3n) is 4.47. The van der Waals surface area contributed by atoms with Crippen molar-refractivity contribution in [1.82, 2.24) is 9.62 Å². The number of ether oxygens (including phenoxy) is 1. The first-order chi connectivity index (χ1) is 11.0. The van der Waals surface area contributed by atoms with Gasteiger partial charge < -0.3 is 9.64 Å². The summed E-state index contributed by atoms with van der Waals surface area (Å²) in [4.78, 5) is 2.29. The van der Waals surface area contributed by atoms with Gasteiger partial charge in [-0.25, -0.2) is 17.5 Å². The van der Waals surface area contributed by atoms with Crippen LogP contribution in [0.3, 0.4) is 0 Å². The summed E-state index contributed by atoms with van der Waals surface area (Å²) in [5, 5.41) is 0. The number of sulfonamides is 1. The van der Waals surface area contributed by atoms with Crippen molar-refractivity contribution in [3.63, 3.8) is 0 Å². The highest BCUT2D eigenvalue weighted by molar-refractivity contribution is 7.89. The van der Waals surface area contributed by atoms with Crippen LogP contribution in [-0.2, 0) is 14.8 Å². The quantitative estimate of drug-likeness (QED) is 0.883. The molecule has 2 atom stereocenters. The van der Waals surface area contributed by atoms with Crippen LogP contribution in [-0.4, -0.2) is 52.2 Å². The van der Waals surface area contributed by atoms with Crippen molar-refractivity contribution in [2.75, 3.05) is 32.8 Å². The first-order valence-electron chi connectivity index (χ1n) is 8.11. The van der Waals surface area contributed by atoms with E-state index in [0.717, 1.165) is 51.6 Å². The highest BCUT2D eigenvalue weighted by Gasteiger charge is 2.27. The van der Waals surface area contributed by atoms with Gasteiger partial charge in [-0.1, -0.05) is 6.07 Å². The van der Waals surface area contributed by atoms with Gasteiger partial charge in [-0.05, 0) is 49.9 Å². The van der Waals surface area contributed by atoms with Crippen molar-refractivity contribution in [3.05, 3.63) is 30.1 Å². The maximum atomic E-state index is 13.3. The fourth-order valence-corrected chi connectivity index (χ4v) is 4.62. The molecule has 0 bridgehead atoms. The Morgan fingerprint density at radius 3 is 2.96 bits per heavy atom. The van der Waals surface area contributed by atoms with Gasteiger partial charge in [0.25, 0.3) is 0 Å². The molecule has 0 spiro atoms. The molecule has 2 unspecified atom stereocenters. The molecule has 1 aromatic carbocycles. The Balaban J connectivity index is 1.60. The average Bonchev–Trinajstić information content (AvgIpc) is 3.00. The fourth-order valence-electron chi connectivity index (χ4n) is 3.33. The molecule has 7 heteroatoms. The van der Waals surface area contributed by atoms with Gasteiger partial charge in [0.05, 0.1) is 11.5 Å². The topological polar surface area (TPSA) is 58.6 Å². The van der Waals surface area contributed by atoms with E-state index in [2.05, 4.69) is 9.62 Å². The van der Waals surface area contributed by atoms with Crippen molar-refractivity contribution in [2.24, 2.45) is 5.92 Å². The van der Waals surface area contributed by atoms with Crippen LogP contribution < -0.4 is 4.72 Å². The molecule has 0 amide bonds. The molecule has 2 fully saturated rings. The predicted octanol–water partition coefficient (Wildman–Crippen LogP) is 1.60. The standard InChI is InChI=1S/C16H23FN2O3S/c17-14-3-1-5-16(9-14)23(20,21)18-15-4-2-7-19(11-15)10-13-6-8-22-12-13/h1,3,5,9,13,15,18H,2,4,6-8,10-12H2. The summed E-state index contributed by atoms with van der Waals surface area (Å²) < 4.78 is 46.2. The van der Waals surface area contributed by atoms with E-state index in [0.29, 0.717) is 12.5 Å². The maximum absolute atomic E-state index is 13.3. The molecule has 2 heterocycles. The van der Waals surface area contributed by atoms with E-state index in [4.69, 9.17) is 4.74 Å². The zero-order valence-electron chi connectivity index (χ0n) is 13.1. The lowest BCUT2D eigenvalue weighted by Crippen LogP contribution is -2.48. The molecule has 0 aromatic heterocycles. The van der Waals surface area contributed by atoms with Crippen LogP contribution in [0, 0.1) is 11.7 Å². The summed E-state index contributed by atoms with van der Waals surface area (Å²) in [5.41, 5.74) is 0. The number of rotatable bonds is 5. The Morgan fingerprint density at radius 1 is 1.35 bits per heavy atom. The van der Waals surface area contributed by atoms with Crippen molar-refractivity contribution >= 4 is 10.0 Å².